The first-order valence-corrected chi connectivity index (χ1v) is 8.14. The molecule has 3 nitrogen and oxygen atoms in total. The Hall–Kier alpha value is -1.81. The second-order valence-corrected chi connectivity index (χ2v) is 6.23. The van der Waals surface area contributed by atoms with Gasteiger partial charge in [0, 0.05) is 30.7 Å². The molecular weight excluding hydrogens is 329 g/mol. The van der Waals surface area contributed by atoms with Crippen LogP contribution >= 0.6 is 23.2 Å². The maximum atomic E-state index is 6.05. The maximum Gasteiger partial charge on any atom is 0.0991 e. The number of hydrogen-bond acceptors (Lipinski definition) is 2. The normalized spacial score (nSPS) is 12.3. The second-order valence-electron chi connectivity index (χ2n) is 5.41. The molecule has 3 aromatic rings. The number of imidazole rings is 1. The van der Waals surface area contributed by atoms with E-state index in [4.69, 9.17) is 23.2 Å². The Morgan fingerprint density at radius 1 is 1.09 bits per heavy atom. The monoisotopic (exact) mass is 345 g/mol. The Morgan fingerprint density at radius 2 is 1.87 bits per heavy atom. The standard InChI is InChI=1S/C18H17Cl2N3/c1-13(22-11-14-2-7-17(19)18(20)10-14)15-3-5-16(6-4-15)23-9-8-21-12-23/h2-10,12-13,22H,11H2,1H3/t13-/m0/s1. The summed E-state index contributed by atoms with van der Waals surface area (Å²) in [6.07, 6.45) is 5.50. The van der Waals surface area contributed by atoms with Crippen molar-refractivity contribution in [2.24, 2.45) is 0 Å². The van der Waals surface area contributed by atoms with Crippen molar-refractivity contribution in [1.29, 1.82) is 0 Å². The van der Waals surface area contributed by atoms with Gasteiger partial charge >= 0.3 is 0 Å². The summed E-state index contributed by atoms with van der Waals surface area (Å²) in [5.74, 6) is 0. The average molecular weight is 346 g/mol. The largest absolute Gasteiger partial charge is 0.306 e. The zero-order valence-corrected chi connectivity index (χ0v) is 14.2. The first-order chi connectivity index (χ1) is 11.1. The van der Waals surface area contributed by atoms with Crippen molar-refractivity contribution in [3.63, 3.8) is 0 Å². The van der Waals surface area contributed by atoms with Crippen LogP contribution in [0.5, 0.6) is 0 Å². The molecule has 0 aliphatic heterocycles. The van der Waals surface area contributed by atoms with E-state index in [2.05, 4.69) is 41.5 Å². The van der Waals surface area contributed by atoms with Gasteiger partial charge in [-0.1, -0.05) is 41.4 Å². The van der Waals surface area contributed by atoms with Crippen LogP contribution in [0.15, 0.2) is 61.2 Å². The van der Waals surface area contributed by atoms with E-state index in [-0.39, 0.29) is 6.04 Å². The molecule has 0 amide bonds. The summed E-state index contributed by atoms with van der Waals surface area (Å²) in [6, 6.07) is 14.4. The molecule has 0 aliphatic carbocycles. The molecular formula is C18H17Cl2N3. The van der Waals surface area contributed by atoms with Crippen LogP contribution in [-0.2, 0) is 6.54 Å². The van der Waals surface area contributed by atoms with Crippen LogP contribution in [0.2, 0.25) is 10.0 Å². The van der Waals surface area contributed by atoms with E-state index in [1.165, 1.54) is 5.56 Å². The van der Waals surface area contributed by atoms with E-state index in [1.54, 1.807) is 12.5 Å². The predicted octanol–water partition coefficient (Wildman–Crippen LogP) is 5.03. The SMILES string of the molecule is C[C@H](NCc1ccc(Cl)c(Cl)c1)c1ccc(-n2ccnc2)cc1. The summed E-state index contributed by atoms with van der Waals surface area (Å²) < 4.78 is 1.98. The van der Waals surface area contributed by atoms with Gasteiger partial charge in [0.1, 0.15) is 0 Å². The quantitative estimate of drug-likeness (QED) is 0.702. The fourth-order valence-corrected chi connectivity index (χ4v) is 2.71. The molecule has 1 atom stereocenters. The average Bonchev–Trinajstić information content (AvgIpc) is 3.10. The van der Waals surface area contributed by atoms with Crippen molar-refractivity contribution >= 4 is 23.2 Å². The lowest BCUT2D eigenvalue weighted by molar-refractivity contribution is 0.574. The lowest BCUT2D eigenvalue weighted by Crippen LogP contribution is -2.18. The maximum absolute atomic E-state index is 6.05. The third-order valence-electron chi connectivity index (χ3n) is 3.79. The van der Waals surface area contributed by atoms with Gasteiger partial charge in [0.15, 0.2) is 0 Å². The van der Waals surface area contributed by atoms with E-state index in [9.17, 15) is 0 Å². The Labute approximate surface area is 145 Å². The van der Waals surface area contributed by atoms with Crippen LogP contribution in [-0.4, -0.2) is 9.55 Å². The Bertz CT molecular complexity index is 767. The molecule has 23 heavy (non-hydrogen) atoms. The molecule has 0 unspecified atom stereocenters. The molecule has 1 aromatic heterocycles. The van der Waals surface area contributed by atoms with Crippen molar-refractivity contribution in [3.8, 4) is 5.69 Å². The third-order valence-corrected chi connectivity index (χ3v) is 4.53. The topological polar surface area (TPSA) is 29.9 Å². The van der Waals surface area contributed by atoms with Crippen LogP contribution in [0, 0.1) is 0 Å². The van der Waals surface area contributed by atoms with Crippen LogP contribution in [0.4, 0.5) is 0 Å². The van der Waals surface area contributed by atoms with Gasteiger partial charge in [0.05, 0.1) is 16.4 Å². The first kappa shape index (κ1) is 16.1. The Morgan fingerprint density at radius 3 is 2.52 bits per heavy atom. The zero-order valence-electron chi connectivity index (χ0n) is 12.7. The number of benzene rings is 2. The molecule has 1 heterocycles. The molecule has 1 N–H and O–H groups in total. The highest BCUT2D eigenvalue weighted by Crippen LogP contribution is 2.23. The number of rotatable bonds is 5. The summed E-state index contributed by atoms with van der Waals surface area (Å²) in [4.78, 5) is 4.06. The number of aromatic nitrogens is 2. The molecule has 0 radical (unpaired) electrons. The highest BCUT2D eigenvalue weighted by atomic mass is 35.5. The first-order valence-electron chi connectivity index (χ1n) is 7.39. The van der Waals surface area contributed by atoms with E-state index >= 15 is 0 Å². The van der Waals surface area contributed by atoms with Crippen molar-refractivity contribution in [1.82, 2.24) is 14.9 Å². The van der Waals surface area contributed by atoms with E-state index in [0.29, 0.717) is 10.0 Å². The minimum absolute atomic E-state index is 0.237. The fraction of sp³-hybridized carbons (Fsp3) is 0.167. The van der Waals surface area contributed by atoms with Crippen LogP contribution < -0.4 is 5.32 Å². The molecule has 118 valence electrons. The van der Waals surface area contributed by atoms with Crippen molar-refractivity contribution in [2.45, 2.75) is 19.5 Å². The summed E-state index contributed by atoms with van der Waals surface area (Å²) >= 11 is 12.0. The van der Waals surface area contributed by atoms with Crippen LogP contribution in [0.1, 0.15) is 24.1 Å². The zero-order chi connectivity index (χ0) is 16.2. The lowest BCUT2D eigenvalue weighted by atomic mass is 10.1. The van der Waals surface area contributed by atoms with E-state index in [0.717, 1.165) is 17.8 Å². The predicted molar refractivity (Wildman–Crippen MR) is 95.3 cm³/mol. The molecule has 0 saturated heterocycles. The van der Waals surface area contributed by atoms with Gasteiger partial charge in [0.2, 0.25) is 0 Å². The van der Waals surface area contributed by atoms with Gasteiger partial charge in [-0.3, -0.25) is 0 Å². The fourth-order valence-electron chi connectivity index (χ4n) is 2.39. The van der Waals surface area contributed by atoms with Crippen molar-refractivity contribution in [3.05, 3.63) is 82.4 Å². The van der Waals surface area contributed by atoms with Gasteiger partial charge in [-0.15, -0.1) is 0 Å². The number of nitrogens with one attached hydrogen (secondary N) is 1. The molecule has 0 fully saturated rings. The summed E-state index contributed by atoms with van der Waals surface area (Å²) in [7, 11) is 0. The second kappa shape index (κ2) is 7.18. The third kappa shape index (κ3) is 3.94. The summed E-state index contributed by atoms with van der Waals surface area (Å²) in [6.45, 7) is 2.88. The Kier molecular flexibility index (Phi) is 5.01. The van der Waals surface area contributed by atoms with Gasteiger partial charge in [-0.2, -0.15) is 0 Å². The van der Waals surface area contributed by atoms with E-state index in [1.807, 2.05) is 29.0 Å². The number of hydrogen-bond donors (Lipinski definition) is 1. The minimum Gasteiger partial charge on any atom is -0.306 e. The Balaban J connectivity index is 1.63. The number of halogens is 2. The molecule has 0 aliphatic rings. The van der Waals surface area contributed by atoms with Gasteiger partial charge in [-0.05, 0) is 42.3 Å². The smallest absolute Gasteiger partial charge is 0.0991 e. The lowest BCUT2D eigenvalue weighted by Gasteiger charge is -2.15. The molecule has 0 bridgehead atoms. The molecule has 0 spiro atoms. The van der Waals surface area contributed by atoms with E-state index < -0.39 is 0 Å². The molecule has 2 aromatic carbocycles. The van der Waals surface area contributed by atoms with Gasteiger partial charge < -0.3 is 9.88 Å². The van der Waals surface area contributed by atoms with Crippen molar-refractivity contribution in [2.75, 3.05) is 0 Å². The van der Waals surface area contributed by atoms with Crippen molar-refractivity contribution < 1.29 is 0 Å². The molecule has 5 heteroatoms. The molecule has 0 saturated carbocycles. The number of nitrogens with zero attached hydrogens (tertiary/aromatic N) is 2. The molecule has 3 rings (SSSR count). The summed E-state index contributed by atoms with van der Waals surface area (Å²) in [5, 5.41) is 4.66. The van der Waals surface area contributed by atoms with Gasteiger partial charge in [-0.25, -0.2) is 4.98 Å². The minimum atomic E-state index is 0.237. The van der Waals surface area contributed by atoms with Crippen LogP contribution in [0.3, 0.4) is 0 Å². The van der Waals surface area contributed by atoms with Gasteiger partial charge in [0.25, 0.3) is 0 Å². The highest BCUT2D eigenvalue weighted by molar-refractivity contribution is 6.42. The highest BCUT2D eigenvalue weighted by Gasteiger charge is 2.06. The summed E-state index contributed by atoms with van der Waals surface area (Å²) in [5.41, 5.74) is 3.44. The van der Waals surface area contributed by atoms with Crippen LogP contribution in [0.25, 0.3) is 5.69 Å².